The van der Waals surface area contributed by atoms with Gasteiger partial charge >= 0.3 is 0 Å². The van der Waals surface area contributed by atoms with Crippen LogP contribution in [0.25, 0.3) is 0 Å². The van der Waals surface area contributed by atoms with E-state index in [1.165, 1.54) is 44.9 Å². The quantitative estimate of drug-likeness (QED) is 0.372. The normalized spacial score (nSPS) is 14.5. The predicted octanol–water partition coefficient (Wildman–Crippen LogP) is 5.75. The Morgan fingerprint density at radius 1 is 1.05 bits per heavy atom. The van der Waals surface area contributed by atoms with Crippen molar-refractivity contribution in [3.05, 3.63) is 46.5 Å². The van der Waals surface area contributed by atoms with E-state index >= 15 is 0 Å². The Labute approximate surface area is 121 Å². The maximum atomic E-state index is 5.83. The molecule has 0 aliphatic heterocycles. The molecule has 0 spiro atoms. The van der Waals surface area contributed by atoms with Gasteiger partial charge in [-0.15, -0.1) is 0 Å². The molecule has 1 aliphatic rings. The molecule has 1 aromatic carbocycles. The first-order chi connectivity index (χ1) is 9.34. The van der Waals surface area contributed by atoms with E-state index in [0.717, 1.165) is 17.0 Å². The summed E-state index contributed by atoms with van der Waals surface area (Å²) in [4.78, 5) is 0. The molecule has 0 N–H and O–H groups in total. The van der Waals surface area contributed by atoms with E-state index in [1.807, 2.05) is 24.3 Å². The third kappa shape index (κ3) is 5.53. The molecule has 1 heteroatoms. The summed E-state index contributed by atoms with van der Waals surface area (Å²) < 4.78 is 0. The number of hydrogen-bond acceptors (Lipinski definition) is 0. The second-order valence-electron chi connectivity index (χ2n) is 5.12. The summed E-state index contributed by atoms with van der Waals surface area (Å²) in [6.45, 7) is 0. The van der Waals surface area contributed by atoms with Gasteiger partial charge in [0.15, 0.2) is 0 Å². The molecule has 2 rings (SSSR count). The van der Waals surface area contributed by atoms with Crippen LogP contribution in [0.1, 0.15) is 56.9 Å². The lowest BCUT2D eigenvalue weighted by Crippen LogP contribution is -1.91. The topological polar surface area (TPSA) is 0 Å². The van der Waals surface area contributed by atoms with Crippen molar-refractivity contribution in [1.82, 2.24) is 0 Å². The van der Waals surface area contributed by atoms with Crippen molar-refractivity contribution in [2.75, 3.05) is 0 Å². The summed E-state index contributed by atoms with van der Waals surface area (Å²) in [7, 11) is 0. The molecule has 19 heavy (non-hydrogen) atoms. The first-order valence-corrected chi connectivity index (χ1v) is 7.65. The lowest BCUT2D eigenvalue weighted by molar-refractivity contribution is 0.648. The molecule has 0 aromatic heterocycles. The van der Waals surface area contributed by atoms with Gasteiger partial charge in [-0.2, -0.15) is 0 Å². The molecule has 0 saturated heterocycles. The van der Waals surface area contributed by atoms with E-state index in [9.17, 15) is 0 Å². The molecule has 0 radical (unpaired) electrons. The Bertz CT molecular complexity index is 471. The van der Waals surface area contributed by atoms with Crippen LogP contribution < -0.4 is 0 Å². The van der Waals surface area contributed by atoms with E-state index in [2.05, 4.69) is 17.9 Å². The van der Waals surface area contributed by atoms with Crippen molar-refractivity contribution in [2.24, 2.45) is 0 Å². The van der Waals surface area contributed by atoms with E-state index in [0.29, 0.717) is 0 Å². The Morgan fingerprint density at radius 2 is 1.89 bits per heavy atom. The third-order valence-corrected chi connectivity index (χ3v) is 3.76. The molecular formula is C18H21Cl. The minimum Gasteiger partial charge on any atom is -0.0979 e. The fourth-order valence-corrected chi connectivity index (χ4v) is 2.52. The molecular weight excluding hydrogens is 252 g/mol. The van der Waals surface area contributed by atoms with Gasteiger partial charge in [-0.3, -0.25) is 0 Å². The average Bonchev–Trinajstić information content (AvgIpc) is 2.46. The van der Waals surface area contributed by atoms with Crippen molar-refractivity contribution in [3.8, 4) is 11.8 Å². The zero-order valence-electron chi connectivity index (χ0n) is 11.4. The molecule has 1 aromatic rings. The van der Waals surface area contributed by atoms with Gasteiger partial charge in [-0.25, -0.2) is 0 Å². The Balaban J connectivity index is 1.64. The van der Waals surface area contributed by atoms with Gasteiger partial charge in [-0.05, 0) is 69.2 Å². The highest BCUT2D eigenvalue weighted by atomic mass is 35.5. The van der Waals surface area contributed by atoms with Gasteiger partial charge in [0, 0.05) is 17.0 Å². The number of benzene rings is 1. The number of allylic oxidation sites excluding steroid dienone is 2. The number of unbranched alkanes of at least 4 members (excludes halogenated alkanes) is 2. The number of rotatable bonds is 4. The van der Waals surface area contributed by atoms with Crippen molar-refractivity contribution < 1.29 is 0 Å². The lowest BCUT2D eigenvalue weighted by atomic mass is 9.95. The maximum absolute atomic E-state index is 5.83. The van der Waals surface area contributed by atoms with Crippen molar-refractivity contribution in [1.29, 1.82) is 0 Å². The summed E-state index contributed by atoms with van der Waals surface area (Å²) in [5.41, 5.74) is 2.73. The highest BCUT2D eigenvalue weighted by Crippen LogP contribution is 2.22. The Morgan fingerprint density at radius 3 is 2.63 bits per heavy atom. The second kappa shape index (κ2) is 8.08. The van der Waals surface area contributed by atoms with Crippen LogP contribution in [0.15, 0.2) is 35.9 Å². The van der Waals surface area contributed by atoms with Gasteiger partial charge < -0.3 is 0 Å². The smallest absolute Gasteiger partial charge is 0.0406 e. The van der Waals surface area contributed by atoms with E-state index in [1.54, 1.807) is 5.57 Å². The van der Waals surface area contributed by atoms with Crippen LogP contribution in [0, 0.1) is 11.8 Å². The van der Waals surface area contributed by atoms with Crippen LogP contribution in [0.5, 0.6) is 0 Å². The number of halogens is 1. The van der Waals surface area contributed by atoms with Gasteiger partial charge in [0.05, 0.1) is 0 Å². The maximum Gasteiger partial charge on any atom is 0.0406 e. The largest absolute Gasteiger partial charge is 0.0979 e. The molecule has 0 atom stereocenters. The van der Waals surface area contributed by atoms with Crippen LogP contribution in [0.3, 0.4) is 0 Å². The standard InChI is InChI=1S/C18H21Cl/c19-18-14-12-17(13-15-18)11-5-2-1-4-8-16-9-6-3-7-10-16/h9,12-15H,1-4,6-8,10H2. The summed E-state index contributed by atoms with van der Waals surface area (Å²) >= 11 is 5.83. The third-order valence-electron chi connectivity index (χ3n) is 3.51. The average molecular weight is 273 g/mol. The minimum absolute atomic E-state index is 0.770. The fraction of sp³-hybridized carbons (Fsp3) is 0.444. The van der Waals surface area contributed by atoms with Crippen LogP contribution >= 0.6 is 11.6 Å². The Kier molecular flexibility index (Phi) is 6.05. The van der Waals surface area contributed by atoms with Gasteiger partial charge in [0.1, 0.15) is 0 Å². The van der Waals surface area contributed by atoms with Crippen molar-refractivity contribution in [2.45, 2.75) is 51.4 Å². The lowest BCUT2D eigenvalue weighted by Gasteiger charge is -2.11. The molecule has 0 amide bonds. The van der Waals surface area contributed by atoms with Gasteiger partial charge in [0.2, 0.25) is 0 Å². The van der Waals surface area contributed by atoms with Crippen LogP contribution in [-0.2, 0) is 0 Å². The monoisotopic (exact) mass is 272 g/mol. The minimum atomic E-state index is 0.770. The van der Waals surface area contributed by atoms with E-state index in [-0.39, 0.29) is 0 Å². The summed E-state index contributed by atoms with van der Waals surface area (Å²) in [5.74, 6) is 6.43. The fourth-order valence-electron chi connectivity index (χ4n) is 2.39. The summed E-state index contributed by atoms with van der Waals surface area (Å²) in [5, 5.41) is 0.770. The molecule has 0 nitrogen and oxygen atoms in total. The molecule has 1 aliphatic carbocycles. The van der Waals surface area contributed by atoms with Crippen molar-refractivity contribution >= 4 is 11.6 Å². The molecule has 0 fully saturated rings. The number of hydrogen-bond donors (Lipinski definition) is 0. The van der Waals surface area contributed by atoms with E-state index in [4.69, 9.17) is 11.6 Å². The SMILES string of the molecule is Clc1ccc(C#CCCCCC2=CCCCC2)cc1. The first kappa shape index (κ1) is 14.2. The van der Waals surface area contributed by atoms with Crippen LogP contribution in [-0.4, -0.2) is 0 Å². The molecule has 0 saturated carbocycles. The molecule has 0 bridgehead atoms. The van der Waals surface area contributed by atoms with E-state index < -0.39 is 0 Å². The molecule has 0 unspecified atom stereocenters. The highest BCUT2D eigenvalue weighted by molar-refractivity contribution is 6.30. The second-order valence-corrected chi connectivity index (χ2v) is 5.56. The Hall–Kier alpha value is -1.19. The zero-order valence-corrected chi connectivity index (χ0v) is 12.2. The van der Waals surface area contributed by atoms with Crippen molar-refractivity contribution in [3.63, 3.8) is 0 Å². The predicted molar refractivity (Wildman–Crippen MR) is 83.3 cm³/mol. The van der Waals surface area contributed by atoms with Gasteiger partial charge in [0.25, 0.3) is 0 Å². The first-order valence-electron chi connectivity index (χ1n) is 7.27. The summed E-state index contributed by atoms with van der Waals surface area (Å²) in [6.07, 6.45) is 12.6. The van der Waals surface area contributed by atoms with Crippen LogP contribution in [0.2, 0.25) is 5.02 Å². The molecule has 100 valence electrons. The van der Waals surface area contributed by atoms with Crippen LogP contribution in [0.4, 0.5) is 0 Å². The highest BCUT2D eigenvalue weighted by Gasteiger charge is 2.02. The molecule has 0 heterocycles. The summed E-state index contributed by atoms with van der Waals surface area (Å²) in [6, 6.07) is 7.73. The zero-order chi connectivity index (χ0) is 13.3. The van der Waals surface area contributed by atoms with Gasteiger partial charge in [-0.1, -0.05) is 35.1 Å².